The lowest BCUT2D eigenvalue weighted by Gasteiger charge is -2.24. The minimum absolute atomic E-state index is 0.124. The summed E-state index contributed by atoms with van der Waals surface area (Å²) in [6.07, 6.45) is -0.197. The number of carbonyl (C=O) groups is 1. The number of ether oxygens (including phenoxy) is 1. The first-order chi connectivity index (χ1) is 9.95. The summed E-state index contributed by atoms with van der Waals surface area (Å²) in [4.78, 5) is 11.0. The number of nitrogens with one attached hydrogen (secondary N) is 1. The lowest BCUT2D eigenvalue weighted by atomic mass is 9.94. The molecule has 0 aliphatic rings. The van der Waals surface area contributed by atoms with Crippen LogP contribution in [0.3, 0.4) is 0 Å². The van der Waals surface area contributed by atoms with Gasteiger partial charge in [0.25, 0.3) is 0 Å². The molecule has 1 aromatic carbocycles. The quantitative estimate of drug-likeness (QED) is 0.606. The van der Waals surface area contributed by atoms with Gasteiger partial charge in [-0.05, 0) is 37.9 Å². The molecule has 3 N–H and O–H groups in total. The first kappa shape index (κ1) is 17.6. The van der Waals surface area contributed by atoms with Gasteiger partial charge in [-0.1, -0.05) is 23.8 Å². The van der Waals surface area contributed by atoms with E-state index in [1.54, 1.807) is 7.11 Å². The van der Waals surface area contributed by atoms with E-state index in [2.05, 4.69) is 5.32 Å². The Balaban J connectivity index is 2.77. The van der Waals surface area contributed by atoms with Crippen LogP contribution in [0.5, 0.6) is 0 Å². The molecule has 0 fully saturated rings. The Morgan fingerprint density at radius 3 is 2.67 bits per heavy atom. The van der Waals surface area contributed by atoms with Crippen molar-refractivity contribution in [3.8, 4) is 0 Å². The van der Waals surface area contributed by atoms with Gasteiger partial charge < -0.3 is 20.3 Å². The second-order valence-corrected chi connectivity index (χ2v) is 5.31. The summed E-state index contributed by atoms with van der Waals surface area (Å²) in [5.41, 5.74) is 2.86. The van der Waals surface area contributed by atoms with E-state index < -0.39 is 18.1 Å². The summed E-state index contributed by atoms with van der Waals surface area (Å²) in [5, 5.41) is 22.6. The van der Waals surface area contributed by atoms with Gasteiger partial charge in [0.15, 0.2) is 0 Å². The smallest absolute Gasteiger partial charge is 0.305 e. The first-order valence-electron chi connectivity index (χ1n) is 7.15. The number of aryl methyl sites for hydroxylation is 2. The van der Waals surface area contributed by atoms with Crippen LogP contribution in [0.4, 0.5) is 0 Å². The molecule has 1 rings (SSSR count). The van der Waals surface area contributed by atoms with Gasteiger partial charge in [0.05, 0.1) is 12.5 Å². The maximum Gasteiger partial charge on any atom is 0.305 e. The average molecular weight is 295 g/mol. The normalized spacial score (nSPS) is 13.9. The van der Waals surface area contributed by atoms with E-state index in [1.807, 2.05) is 32.0 Å². The Morgan fingerprint density at radius 1 is 1.38 bits per heavy atom. The van der Waals surface area contributed by atoms with Crippen molar-refractivity contribution < 1.29 is 19.7 Å². The van der Waals surface area contributed by atoms with Crippen LogP contribution >= 0.6 is 0 Å². The number of hydrogen-bond donors (Lipinski definition) is 3. The molecule has 1 aromatic rings. The van der Waals surface area contributed by atoms with E-state index in [1.165, 1.54) is 0 Å². The molecule has 0 heterocycles. The highest BCUT2D eigenvalue weighted by Gasteiger charge is 2.24. The lowest BCUT2D eigenvalue weighted by molar-refractivity contribution is -0.138. The summed E-state index contributed by atoms with van der Waals surface area (Å²) in [6.45, 7) is 5.12. The Hall–Kier alpha value is -1.43. The number of aliphatic carboxylic acids is 1. The van der Waals surface area contributed by atoms with Crippen LogP contribution in [0.1, 0.15) is 35.6 Å². The number of rotatable bonds is 9. The number of aliphatic hydroxyl groups is 1. The molecule has 0 aliphatic heterocycles. The highest BCUT2D eigenvalue weighted by molar-refractivity contribution is 5.67. The van der Waals surface area contributed by atoms with Gasteiger partial charge in [-0.25, -0.2) is 0 Å². The Kier molecular flexibility index (Phi) is 7.36. The number of hydrogen-bond acceptors (Lipinski definition) is 4. The molecule has 0 amide bonds. The van der Waals surface area contributed by atoms with Crippen molar-refractivity contribution in [1.29, 1.82) is 0 Å². The fraction of sp³-hybridized carbons (Fsp3) is 0.562. The van der Waals surface area contributed by atoms with Crippen molar-refractivity contribution in [2.75, 3.05) is 20.3 Å². The van der Waals surface area contributed by atoms with Crippen LogP contribution in [0, 0.1) is 13.8 Å². The van der Waals surface area contributed by atoms with E-state index in [0.717, 1.165) is 23.1 Å². The molecule has 21 heavy (non-hydrogen) atoms. The van der Waals surface area contributed by atoms with Crippen LogP contribution in [0.25, 0.3) is 0 Å². The van der Waals surface area contributed by atoms with Gasteiger partial charge in [0.1, 0.15) is 0 Å². The topological polar surface area (TPSA) is 78.8 Å². The van der Waals surface area contributed by atoms with Crippen molar-refractivity contribution in [3.63, 3.8) is 0 Å². The molecular weight excluding hydrogens is 270 g/mol. The zero-order chi connectivity index (χ0) is 15.8. The monoisotopic (exact) mass is 295 g/mol. The lowest BCUT2D eigenvalue weighted by Crippen LogP contribution is -2.38. The van der Waals surface area contributed by atoms with Crippen molar-refractivity contribution >= 4 is 5.97 Å². The number of methoxy groups -OCH3 is 1. The molecular formula is C16H25NO4. The largest absolute Gasteiger partial charge is 0.481 e. The summed E-state index contributed by atoms with van der Waals surface area (Å²) in [5.74, 6) is -0.928. The molecule has 0 saturated heterocycles. The fourth-order valence-electron chi connectivity index (χ4n) is 2.36. The maximum absolute atomic E-state index is 11.0. The minimum Gasteiger partial charge on any atom is -0.481 e. The van der Waals surface area contributed by atoms with E-state index in [-0.39, 0.29) is 6.42 Å². The molecule has 5 heteroatoms. The van der Waals surface area contributed by atoms with Gasteiger partial charge >= 0.3 is 5.97 Å². The molecule has 2 atom stereocenters. The third-order valence-corrected chi connectivity index (χ3v) is 3.45. The van der Waals surface area contributed by atoms with Crippen LogP contribution in [-0.4, -0.2) is 42.5 Å². The Labute approximate surface area is 125 Å². The van der Waals surface area contributed by atoms with Gasteiger partial charge in [0.2, 0.25) is 0 Å². The number of benzene rings is 1. The highest BCUT2D eigenvalue weighted by Crippen LogP contribution is 2.23. The van der Waals surface area contributed by atoms with Crippen molar-refractivity contribution in [2.45, 2.75) is 38.8 Å². The van der Waals surface area contributed by atoms with E-state index in [4.69, 9.17) is 9.84 Å². The molecule has 2 unspecified atom stereocenters. The summed E-state index contributed by atoms with van der Waals surface area (Å²) >= 11 is 0. The van der Waals surface area contributed by atoms with Crippen molar-refractivity contribution in [2.24, 2.45) is 0 Å². The van der Waals surface area contributed by atoms with Crippen molar-refractivity contribution in [1.82, 2.24) is 5.32 Å². The third kappa shape index (κ3) is 5.83. The standard InChI is InChI=1S/C16H25NO4/c1-11-5-6-13(12(2)9-11)16(20)14(10-15(18)19)17-7-4-8-21-3/h5-6,9,14,16-17,20H,4,7-8,10H2,1-3H3,(H,18,19). The maximum atomic E-state index is 11.0. The molecule has 0 aliphatic carbocycles. The highest BCUT2D eigenvalue weighted by atomic mass is 16.5. The van der Waals surface area contributed by atoms with Gasteiger partial charge in [-0.15, -0.1) is 0 Å². The Morgan fingerprint density at radius 2 is 2.10 bits per heavy atom. The second-order valence-electron chi connectivity index (χ2n) is 5.31. The zero-order valence-electron chi connectivity index (χ0n) is 12.9. The molecule has 0 radical (unpaired) electrons. The summed E-state index contributed by atoms with van der Waals surface area (Å²) in [7, 11) is 1.62. The van der Waals surface area contributed by atoms with Gasteiger partial charge in [0, 0.05) is 19.8 Å². The predicted octanol–water partition coefficient (Wildman–Crippen LogP) is 1.81. The van der Waals surface area contributed by atoms with Crippen LogP contribution < -0.4 is 5.32 Å². The Bertz CT molecular complexity index is 462. The number of aliphatic hydroxyl groups excluding tert-OH is 1. The second kappa shape index (κ2) is 8.77. The van der Waals surface area contributed by atoms with E-state index in [0.29, 0.717) is 13.2 Å². The zero-order valence-corrected chi connectivity index (χ0v) is 12.9. The minimum atomic E-state index is -0.928. The molecule has 0 saturated carbocycles. The third-order valence-electron chi connectivity index (χ3n) is 3.45. The predicted molar refractivity (Wildman–Crippen MR) is 81.4 cm³/mol. The van der Waals surface area contributed by atoms with Crippen LogP contribution in [0.2, 0.25) is 0 Å². The number of carboxylic acid groups (broad SMARTS) is 1. The fourth-order valence-corrected chi connectivity index (χ4v) is 2.36. The van der Waals surface area contributed by atoms with E-state index in [9.17, 15) is 9.90 Å². The summed E-state index contributed by atoms with van der Waals surface area (Å²) in [6, 6.07) is 5.26. The van der Waals surface area contributed by atoms with Gasteiger partial charge in [-0.2, -0.15) is 0 Å². The molecule has 0 spiro atoms. The van der Waals surface area contributed by atoms with Crippen LogP contribution in [-0.2, 0) is 9.53 Å². The SMILES string of the molecule is COCCCNC(CC(=O)O)C(O)c1ccc(C)cc1C. The first-order valence-corrected chi connectivity index (χ1v) is 7.15. The number of carboxylic acids is 1. The van der Waals surface area contributed by atoms with Crippen molar-refractivity contribution in [3.05, 3.63) is 34.9 Å². The summed E-state index contributed by atoms with van der Waals surface area (Å²) < 4.78 is 4.96. The van der Waals surface area contributed by atoms with Gasteiger partial charge in [-0.3, -0.25) is 4.79 Å². The molecule has 0 aromatic heterocycles. The van der Waals surface area contributed by atoms with E-state index >= 15 is 0 Å². The van der Waals surface area contributed by atoms with Crippen LogP contribution in [0.15, 0.2) is 18.2 Å². The average Bonchev–Trinajstić information content (AvgIpc) is 2.41. The molecule has 0 bridgehead atoms. The molecule has 5 nitrogen and oxygen atoms in total. The molecule has 118 valence electrons.